The largest absolute Gasteiger partial charge is 0.361 e. The second kappa shape index (κ2) is 8.09. The number of amides is 3. The van der Waals surface area contributed by atoms with E-state index in [-0.39, 0.29) is 23.8 Å². The number of hydrogen-bond acceptors (Lipinski definition) is 4. The highest BCUT2D eigenvalue weighted by Crippen LogP contribution is 2.52. The van der Waals surface area contributed by atoms with Gasteiger partial charge in [0, 0.05) is 41.9 Å². The highest BCUT2D eigenvalue weighted by Gasteiger charge is 2.67. The monoisotopic (exact) mass is 470 g/mol. The summed E-state index contributed by atoms with van der Waals surface area (Å²) in [5.74, 6) is -1.53. The van der Waals surface area contributed by atoms with Crippen LogP contribution in [0.4, 0.5) is 11.4 Å². The molecule has 0 saturated carbocycles. The van der Waals surface area contributed by atoms with Crippen LogP contribution in [-0.4, -0.2) is 47.5 Å². The van der Waals surface area contributed by atoms with E-state index in [9.17, 15) is 14.4 Å². The maximum atomic E-state index is 13.5. The highest BCUT2D eigenvalue weighted by molar-refractivity contribution is 6.03. The van der Waals surface area contributed by atoms with E-state index < -0.39 is 17.4 Å². The van der Waals surface area contributed by atoms with Gasteiger partial charge < -0.3 is 25.3 Å². The van der Waals surface area contributed by atoms with Crippen molar-refractivity contribution in [1.29, 1.82) is 0 Å². The number of rotatable bonds is 6. The van der Waals surface area contributed by atoms with Crippen LogP contribution in [0.5, 0.6) is 0 Å². The summed E-state index contributed by atoms with van der Waals surface area (Å²) in [5.41, 5.74) is 2.82. The van der Waals surface area contributed by atoms with Gasteiger partial charge in [0.05, 0.1) is 24.5 Å². The van der Waals surface area contributed by atoms with Gasteiger partial charge in [-0.05, 0) is 42.3 Å². The first-order valence-corrected chi connectivity index (χ1v) is 11.8. The van der Waals surface area contributed by atoms with Crippen LogP contribution in [0.2, 0.25) is 0 Å². The summed E-state index contributed by atoms with van der Waals surface area (Å²) >= 11 is 0. The molecule has 6 rings (SSSR count). The molecular formula is C27H26N4O4. The molecule has 0 aliphatic carbocycles. The molecule has 1 aromatic heterocycles. The number of nitrogens with one attached hydrogen (secondary N) is 3. The Labute approximate surface area is 202 Å². The lowest BCUT2D eigenvalue weighted by molar-refractivity contribution is -0.131. The van der Waals surface area contributed by atoms with Crippen LogP contribution in [0.15, 0.2) is 66.9 Å². The lowest BCUT2D eigenvalue weighted by Gasteiger charge is -2.23. The summed E-state index contributed by atoms with van der Waals surface area (Å²) in [6.45, 7) is 2.29. The zero-order valence-electron chi connectivity index (χ0n) is 19.3. The summed E-state index contributed by atoms with van der Waals surface area (Å²) in [6.07, 6.45) is 6.14. The summed E-state index contributed by atoms with van der Waals surface area (Å²) in [5, 5.41) is 6.92. The van der Waals surface area contributed by atoms with E-state index in [1.54, 1.807) is 29.2 Å². The normalized spacial score (nSPS) is 26.4. The summed E-state index contributed by atoms with van der Waals surface area (Å²) in [7, 11) is 0. The molecular weight excluding hydrogens is 444 g/mol. The summed E-state index contributed by atoms with van der Waals surface area (Å²) in [6, 6.07) is 15.2. The third-order valence-electron chi connectivity index (χ3n) is 7.27. The molecule has 3 amide bonds. The van der Waals surface area contributed by atoms with Crippen molar-refractivity contribution in [3.63, 3.8) is 0 Å². The number of H-pyrrole nitrogens is 1. The molecule has 1 spiro atoms. The van der Waals surface area contributed by atoms with Gasteiger partial charge in [-0.2, -0.15) is 0 Å². The topological polar surface area (TPSA) is 104 Å². The van der Waals surface area contributed by atoms with Crippen LogP contribution in [0.25, 0.3) is 10.9 Å². The molecule has 0 unspecified atom stereocenters. The van der Waals surface area contributed by atoms with Gasteiger partial charge >= 0.3 is 0 Å². The molecule has 3 aromatic rings. The first-order chi connectivity index (χ1) is 16.9. The van der Waals surface area contributed by atoms with Gasteiger partial charge in [-0.15, -0.1) is 0 Å². The van der Waals surface area contributed by atoms with Gasteiger partial charge in [0.25, 0.3) is 0 Å². The Morgan fingerprint density at radius 2 is 1.97 bits per heavy atom. The van der Waals surface area contributed by atoms with E-state index in [2.05, 4.69) is 21.7 Å². The Kier molecular flexibility index (Phi) is 5.00. The minimum absolute atomic E-state index is 0.110. The van der Waals surface area contributed by atoms with E-state index in [0.717, 1.165) is 16.5 Å². The first-order valence-electron chi connectivity index (χ1n) is 11.8. The standard InChI is InChI=1S/C27H26N4O4/c1-16(32)30-18-6-8-19(9-7-18)31-15-27-12-10-22(35-27)23(24(27)26(31)34)25(33)28-13-11-17-14-29-21-5-3-2-4-20(17)21/h2-10,12,14,22-24,29H,11,13,15H2,1H3,(H,28,33)(H,30,32)/t22-,23-,24-,27-/m1/s1. The number of carbonyl (C=O) groups excluding carboxylic acids is 3. The fourth-order valence-corrected chi connectivity index (χ4v) is 5.72. The zero-order chi connectivity index (χ0) is 24.2. The van der Waals surface area contributed by atoms with E-state index in [4.69, 9.17) is 4.74 Å². The van der Waals surface area contributed by atoms with E-state index >= 15 is 0 Å². The minimum Gasteiger partial charge on any atom is -0.361 e. The van der Waals surface area contributed by atoms with Gasteiger partial charge in [-0.1, -0.05) is 30.4 Å². The van der Waals surface area contributed by atoms with Crippen molar-refractivity contribution in [3.8, 4) is 0 Å². The highest BCUT2D eigenvalue weighted by atomic mass is 16.5. The number of aromatic amines is 1. The molecule has 35 heavy (non-hydrogen) atoms. The minimum atomic E-state index is -0.781. The van der Waals surface area contributed by atoms with Crippen molar-refractivity contribution < 1.29 is 19.1 Å². The lowest BCUT2D eigenvalue weighted by Crippen LogP contribution is -2.44. The smallest absolute Gasteiger partial charge is 0.234 e. The Morgan fingerprint density at radius 1 is 1.17 bits per heavy atom. The molecule has 3 N–H and O–H groups in total. The molecule has 178 valence electrons. The van der Waals surface area contributed by atoms with Crippen molar-refractivity contribution in [3.05, 3.63) is 72.4 Å². The number of hydrogen-bond donors (Lipinski definition) is 3. The molecule has 8 nitrogen and oxygen atoms in total. The summed E-state index contributed by atoms with van der Waals surface area (Å²) < 4.78 is 6.23. The molecule has 3 aliphatic rings. The molecule has 4 heterocycles. The van der Waals surface area contributed by atoms with E-state index in [1.165, 1.54) is 6.92 Å². The van der Waals surface area contributed by atoms with Crippen molar-refractivity contribution in [2.75, 3.05) is 23.3 Å². The number of nitrogens with zero attached hydrogens (tertiary/aromatic N) is 1. The molecule has 0 radical (unpaired) electrons. The average Bonchev–Trinajstić information content (AvgIpc) is 3.59. The molecule has 2 fully saturated rings. The number of benzene rings is 2. The Balaban J connectivity index is 1.16. The SMILES string of the molecule is CC(=O)Nc1ccc(N2C[C@@]34C=C[C@@H](O3)[C@@H](C(=O)NCCc3c[nH]c5ccccc35)[C@@H]4C2=O)cc1. The molecule has 4 atom stereocenters. The van der Waals surface area contributed by atoms with Crippen LogP contribution in [0.3, 0.4) is 0 Å². The van der Waals surface area contributed by atoms with E-state index in [1.807, 2.05) is 36.5 Å². The van der Waals surface area contributed by atoms with Gasteiger partial charge in [0.1, 0.15) is 5.60 Å². The third kappa shape index (κ3) is 3.52. The molecule has 3 aliphatic heterocycles. The predicted octanol–water partition coefficient (Wildman–Crippen LogP) is 2.77. The molecule has 8 heteroatoms. The van der Waals surface area contributed by atoms with Crippen molar-refractivity contribution in [2.24, 2.45) is 11.8 Å². The lowest BCUT2D eigenvalue weighted by atomic mass is 9.77. The maximum Gasteiger partial charge on any atom is 0.234 e. The molecule has 2 bridgehead atoms. The maximum absolute atomic E-state index is 13.5. The van der Waals surface area contributed by atoms with Crippen LogP contribution in [0.1, 0.15) is 12.5 Å². The van der Waals surface area contributed by atoms with Crippen LogP contribution < -0.4 is 15.5 Å². The number of ether oxygens (including phenoxy) is 1. The van der Waals surface area contributed by atoms with Gasteiger partial charge in [0.2, 0.25) is 17.7 Å². The second-order valence-corrected chi connectivity index (χ2v) is 9.45. The fraction of sp³-hybridized carbons (Fsp3) is 0.296. The van der Waals surface area contributed by atoms with Crippen molar-refractivity contribution in [2.45, 2.75) is 25.0 Å². The number of fused-ring (bicyclic) bond motifs is 2. The van der Waals surface area contributed by atoms with Crippen molar-refractivity contribution >= 4 is 40.0 Å². The van der Waals surface area contributed by atoms with Gasteiger partial charge in [-0.25, -0.2) is 0 Å². The first kappa shape index (κ1) is 21.6. The van der Waals surface area contributed by atoms with Crippen LogP contribution in [-0.2, 0) is 25.5 Å². The quantitative estimate of drug-likeness (QED) is 0.482. The Hall–Kier alpha value is -3.91. The second-order valence-electron chi connectivity index (χ2n) is 9.45. The number of carbonyl (C=O) groups is 3. The molecule has 2 saturated heterocycles. The number of para-hydroxylation sites is 1. The third-order valence-corrected chi connectivity index (χ3v) is 7.27. The summed E-state index contributed by atoms with van der Waals surface area (Å²) in [4.78, 5) is 43.0. The predicted molar refractivity (Wildman–Crippen MR) is 132 cm³/mol. The van der Waals surface area contributed by atoms with Crippen molar-refractivity contribution in [1.82, 2.24) is 10.3 Å². The van der Waals surface area contributed by atoms with Crippen LogP contribution >= 0.6 is 0 Å². The fourth-order valence-electron chi connectivity index (χ4n) is 5.72. The van der Waals surface area contributed by atoms with E-state index in [0.29, 0.717) is 30.9 Å². The number of aromatic nitrogens is 1. The van der Waals surface area contributed by atoms with Gasteiger partial charge in [0.15, 0.2) is 0 Å². The average molecular weight is 471 g/mol. The van der Waals surface area contributed by atoms with Gasteiger partial charge in [-0.3, -0.25) is 14.4 Å². The Morgan fingerprint density at radius 3 is 2.77 bits per heavy atom. The van der Waals surface area contributed by atoms with Crippen LogP contribution in [0, 0.1) is 11.8 Å². The molecule has 2 aromatic carbocycles. The number of anilines is 2. The zero-order valence-corrected chi connectivity index (χ0v) is 19.3. The Bertz CT molecular complexity index is 1360.